The van der Waals surface area contributed by atoms with Crippen LogP contribution in [0, 0.1) is 5.92 Å². The molecule has 0 aromatic carbocycles. The molecule has 0 aromatic heterocycles. The van der Waals surface area contributed by atoms with Gasteiger partial charge < -0.3 is 10.1 Å². The summed E-state index contributed by atoms with van der Waals surface area (Å²) in [4.78, 5) is 22.1. The van der Waals surface area contributed by atoms with Crippen LogP contribution in [0.3, 0.4) is 0 Å². The summed E-state index contributed by atoms with van der Waals surface area (Å²) in [6.07, 6.45) is 2.44. The molecule has 1 unspecified atom stereocenters. The van der Waals surface area contributed by atoms with Gasteiger partial charge in [-0.15, -0.1) is 0 Å². The van der Waals surface area contributed by atoms with E-state index in [0.717, 1.165) is 5.75 Å². The third-order valence-electron chi connectivity index (χ3n) is 1.74. The second-order valence-corrected chi connectivity index (χ2v) is 3.96. The molecule has 1 atom stereocenters. The molecule has 0 heterocycles. The molecule has 0 bridgehead atoms. The SMILES string of the molecule is COC(=O)C(C)CNC(=O)CCSC. The predicted octanol–water partition coefficient (Wildman–Crippen LogP) is 0.665. The van der Waals surface area contributed by atoms with Crippen molar-refractivity contribution in [3.8, 4) is 0 Å². The molecule has 82 valence electrons. The molecule has 0 saturated carbocycles. The van der Waals surface area contributed by atoms with Crippen LogP contribution < -0.4 is 5.32 Å². The minimum Gasteiger partial charge on any atom is -0.469 e. The average molecular weight is 219 g/mol. The number of hydrogen-bond donors (Lipinski definition) is 1. The largest absolute Gasteiger partial charge is 0.469 e. The van der Waals surface area contributed by atoms with Crippen molar-refractivity contribution in [2.45, 2.75) is 13.3 Å². The summed E-state index contributed by atoms with van der Waals surface area (Å²) in [6.45, 7) is 2.07. The Labute approximate surface area is 88.8 Å². The fourth-order valence-corrected chi connectivity index (χ4v) is 1.22. The lowest BCUT2D eigenvalue weighted by atomic mass is 10.2. The van der Waals surface area contributed by atoms with E-state index < -0.39 is 0 Å². The number of thioether (sulfide) groups is 1. The van der Waals surface area contributed by atoms with Crippen molar-refractivity contribution in [1.29, 1.82) is 0 Å². The summed E-state index contributed by atoms with van der Waals surface area (Å²) >= 11 is 1.62. The Morgan fingerprint density at radius 3 is 2.64 bits per heavy atom. The number of carbonyl (C=O) groups is 2. The van der Waals surface area contributed by atoms with Crippen molar-refractivity contribution in [2.75, 3.05) is 25.7 Å². The lowest BCUT2D eigenvalue weighted by Crippen LogP contribution is -2.32. The summed E-state index contributed by atoms with van der Waals surface area (Å²) in [5.74, 6) is 0.210. The number of methoxy groups -OCH3 is 1. The van der Waals surface area contributed by atoms with Gasteiger partial charge in [-0.05, 0) is 6.26 Å². The molecule has 0 saturated heterocycles. The van der Waals surface area contributed by atoms with Gasteiger partial charge in [0.1, 0.15) is 0 Å². The molecular formula is C9H17NO3S. The van der Waals surface area contributed by atoms with Crippen LogP contribution in [0.1, 0.15) is 13.3 Å². The van der Waals surface area contributed by atoms with Crippen LogP contribution in [0.2, 0.25) is 0 Å². The van der Waals surface area contributed by atoms with Gasteiger partial charge in [0.05, 0.1) is 13.0 Å². The van der Waals surface area contributed by atoms with Crippen LogP contribution in [-0.4, -0.2) is 37.5 Å². The first kappa shape index (κ1) is 13.3. The average Bonchev–Trinajstić information content (AvgIpc) is 2.21. The van der Waals surface area contributed by atoms with Gasteiger partial charge in [-0.3, -0.25) is 9.59 Å². The summed E-state index contributed by atoms with van der Waals surface area (Å²) in [5, 5.41) is 2.68. The van der Waals surface area contributed by atoms with Crippen LogP contribution in [0.5, 0.6) is 0 Å². The van der Waals surface area contributed by atoms with E-state index in [1.807, 2.05) is 6.26 Å². The van der Waals surface area contributed by atoms with Crippen molar-refractivity contribution in [2.24, 2.45) is 5.92 Å². The fourth-order valence-electron chi connectivity index (χ4n) is 0.835. The van der Waals surface area contributed by atoms with Gasteiger partial charge in [0.2, 0.25) is 5.91 Å². The number of hydrogen-bond acceptors (Lipinski definition) is 4. The molecule has 4 nitrogen and oxygen atoms in total. The predicted molar refractivity (Wildman–Crippen MR) is 57.2 cm³/mol. The van der Waals surface area contributed by atoms with Crippen molar-refractivity contribution >= 4 is 23.6 Å². The van der Waals surface area contributed by atoms with E-state index in [2.05, 4.69) is 10.1 Å². The first-order valence-corrected chi connectivity index (χ1v) is 5.84. The van der Waals surface area contributed by atoms with Gasteiger partial charge >= 0.3 is 5.97 Å². The molecule has 0 aliphatic rings. The summed E-state index contributed by atoms with van der Waals surface area (Å²) < 4.78 is 4.53. The van der Waals surface area contributed by atoms with Crippen molar-refractivity contribution in [1.82, 2.24) is 5.32 Å². The summed E-state index contributed by atoms with van der Waals surface area (Å²) in [6, 6.07) is 0. The Morgan fingerprint density at radius 2 is 2.14 bits per heavy atom. The number of ether oxygens (including phenoxy) is 1. The Balaban J connectivity index is 3.60. The first-order valence-electron chi connectivity index (χ1n) is 4.45. The zero-order chi connectivity index (χ0) is 11.0. The van der Waals surface area contributed by atoms with Gasteiger partial charge in [-0.2, -0.15) is 11.8 Å². The zero-order valence-electron chi connectivity index (χ0n) is 8.83. The van der Waals surface area contributed by atoms with E-state index >= 15 is 0 Å². The highest BCUT2D eigenvalue weighted by Crippen LogP contribution is 1.97. The standard InChI is InChI=1S/C9H17NO3S/c1-7(9(12)13-2)6-10-8(11)4-5-14-3/h7H,4-6H2,1-3H3,(H,10,11). The van der Waals surface area contributed by atoms with Crippen molar-refractivity contribution < 1.29 is 14.3 Å². The highest BCUT2D eigenvalue weighted by molar-refractivity contribution is 7.98. The Bertz CT molecular complexity index is 196. The van der Waals surface area contributed by atoms with E-state index in [-0.39, 0.29) is 17.8 Å². The Hall–Kier alpha value is -0.710. The topological polar surface area (TPSA) is 55.4 Å². The van der Waals surface area contributed by atoms with Crippen LogP contribution in [0.25, 0.3) is 0 Å². The maximum atomic E-state index is 11.1. The van der Waals surface area contributed by atoms with Crippen LogP contribution >= 0.6 is 11.8 Å². The van der Waals surface area contributed by atoms with Gasteiger partial charge in [0, 0.05) is 18.7 Å². The molecule has 0 rings (SSSR count). The lowest BCUT2D eigenvalue weighted by Gasteiger charge is -2.09. The highest BCUT2D eigenvalue weighted by atomic mass is 32.2. The smallest absolute Gasteiger partial charge is 0.310 e. The van der Waals surface area contributed by atoms with Gasteiger partial charge in [0.15, 0.2) is 0 Å². The van der Waals surface area contributed by atoms with E-state index in [9.17, 15) is 9.59 Å². The molecule has 5 heteroatoms. The number of rotatable bonds is 6. The number of nitrogens with one attached hydrogen (secondary N) is 1. The van der Waals surface area contributed by atoms with Gasteiger partial charge in [0.25, 0.3) is 0 Å². The van der Waals surface area contributed by atoms with Crippen LogP contribution in [0.4, 0.5) is 0 Å². The third kappa shape index (κ3) is 5.85. The summed E-state index contributed by atoms with van der Waals surface area (Å²) in [7, 11) is 1.34. The second-order valence-electron chi connectivity index (χ2n) is 2.97. The molecule has 1 N–H and O–H groups in total. The molecule has 0 aromatic rings. The highest BCUT2D eigenvalue weighted by Gasteiger charge is 2.13. The quantitative estimate of drug-likeness (QED) is 0.667. The maximum absolute atomic E-state index is 11.1. The molecular weight excluding hydrogens is 202 g/mol. The van der Waals surface area contributed by atoms with E-state index in [1.54, 1.807) is 18.7 Å². The maximum Gasteiger partial charge on any atom is 0.310 e. The third-order valence-corrected chi connectivity index (χ3v) is 2.35. The van der Waals surface area contributed by atoms with E-state index in [4.69, 9.17) is 0 Å². The first-order chi connectivity index (χ1) is 6.61. The molecule has 1 amide bonds. The van der Waals surface area contributed by atoms with E-state index in [0.29, 0.717) is 13.0 Å². The monoisotopic (exact) mass is 219 g/mol. The molecule has 0 fully saturated rings. The van der Waals surface area contributed by atoms with Crippen LogP contribution in [0.15, 0.2) is 0 Å². The second kappa shape index (κ2) is 7.67. The molecule has 14 heavy (non-hydrogen) atoms. The number of amides is 1. The van der Waals surface area contributed by atoms with Crippen molar-refractivity contribution in [3.05, 3.63) is 0 Å². The fraction of sp³-hybridized carbons (Fsp3) is 0.778. The minimum absolute atomic E-state index is 0.0184. The summed E-state index contributed by atoms with van der Waals surface area (Å²) in [5.41, 5.74) is 0. The van der Waals surface area contributed by atoms with Gasteiger partial charge in [-0.1, -0.05) is 6.92 Å². The lowest BCUT2D eigenvalue weighted by molar-refractivity contribution is -0.144. The molecule has 0 radical (unpaired) electrons. The Kier molecular flexibility index (Phi) is 7.28. The zero-order valence-corrected chi connectivity index (χ0v) is 9.65. The minimum atomic E-state index is -0.296. The van der Waals surface area contributed by atoms with E-state index in [1.165, 1.54) is 7.11 Å². The number of carbonyl (C=O) groups excluding carboxylic acids is 2. The van der Waals surface area contributed by atoms with Crippen molar-refractivity contribution in [3.63, 3.8) is 0 Å². The van der Waals surface area contributed by atoms with Gasteiger partial charge in [-0.25, -0.2) is 0 Å². The molecule has 0 aliphatic carbocycles. The molecule has 0 spiro atoms. The Morgan fingerprint density at radius 1 is 1.50 bits per heavy atom. The normalized spacial score (nSPS) is 11.9. The van der Waals surface area contributed by atoms with Crippen LogP contribution in [-0.2, 0) is 14.3 Å². The molecule has 0 aliphatic heterocycles. The number of esters is 1.